The quantitative estimate of drug-likeness (QED) is 0.340. The third kappa shape index (κ3) is 3.61. The summed E-state index contributed by atoms with van der Waals surface area (Å²) < 4.78 is 0. The standard InChI is InChI=1S/C8H17N3O3/c1-5(2)4-6(7(12)10-9)11(3)8(13)14/h5-6H,4,9H2,1-3H3,(H,10,12)(H,13,14)/t6-/m0/s1. The van der Waals surface area contributed by atoms with Crippen LogP contribution in [0.1, 0.15) is 20.3 Å². The van der Waals surface area contributed by atoms with Crippen molar-refractivity contribution in [2.45, 2.75) is 26.3 Å². The third-order valence-corrected chi connectivity index (χ3v) is 1.91. The van der Waals surface area contributed by atoms with E-state index in [0.717, 1.165) is 4.90 Å². The lowest BCUT2D eigenvalue weighted by molar-refractivity contribution is -0.126. The van der Waals surface area contributed by atoms with E-state index in [2.05, 4.69) is 0 Å². The maximum Gasteiger partial charge on any atom is 0.407 e. The zero-order valence-corrected chi connectivity index (χ0v) is 8.65. The van der Waals surface area contributed by atoms with Crippen molar-refractivity contribution in [2.24, 2.45) is 11.8 Å². The van der Waals surface area contributed by atoms with E-state index in [4.69, 9.17) is 10.9 Å². The molecule has 4 N–H and O–H groups in total. The van der Waals surface area contributed by atoms with Gasteiger partial charge in [-0.3, -0.25) is 15.1 Å². The second-order valence-corrected chi connectivity index (χ2v) is 3.55. The van der Waals surface area contributed by atoms with Gasteiger partial charge in [0.15, 0.2) is 0 Å². The van der Waals surface area contributed by atoms with Crippen LogP contribution >= 0.6 is 0 Å². The zero-order chi connectivity index (χ0) is 11.3. The number of nitrogens with one attached hydrogen (secondary N) is 1. The van der Waals surface area contributed by atoms with Crippen LogP contribution in [0, 0.1) is 5.92 Å². The van der Waals surface area contributed by atoms with Crippen molar-refractivity contribution in [2.75, 3.05) is 7.05 Å². The minimum absolute atomic E-state index is 0.221. The number of nitrogens with two attached hydrogens (primary N) is 1. The molecule has 6 heteroatoms. The fourth-order valence-electron chi connectivity index (χ4n) is 1.12. The molecule has 0 radical (unpaired) electrons. The molecule has 0 aliphatic rings. The van der Waals surface area contributed by atoms with Crippen LogP contribution in [0.15, 0.2) is 0 Å². The summed E-state index contributed by atoms with van der Waals surface area (Å²) in [6.07, 6.45) is -0.689. The van der Waals surface area contributed by atoms with Gasteiger partial charge in [-0.2, -0.15) is 0 Å². The second-order valence-electron chi connectivity index (χ2n) is 3.55. The molecular weight excluding hydrogens is 186 g/mol. The van der Waals surface area contributed by atoms with Crippen molar-refractivity contribution in [3.05, 3.63) is 0 Å². The molecule has 0 aromatic rings. The minimum atomic E-state index is -1.14. The highest BCUT2D eigenvalue weighted by atomic mass is 16.4. The Hall–Kier alpha value is -1.30. The van der Waals surface area contributed by atoms with Gasteiger partial charge < -0.3 is 5.11 Å². The van der Waals surface area contributed by atoms with Gasteiger partial charge in [-0.05, 0) is 12.3 Å². The highest BCUT2D eigenvalue weighted by molar-refractivity contribution is 5.84. The van der Waals surface area contributed by atoms with Gasteiger partial charge in [-0.15, -0.1) is 0 Å². The number of hydrazine groups is 1. The van der Waals surface area contributed by atoms with Crippen LogP contribution in [0.5, 0.6) is 0 Å². The molecule has 1 atom stereocenters. The molecule has 0 heterocycles. The van der Waals surface area contributed by atoms with Crippen molar-refractivity contribution in [3.63, 3.8) is 0 Å². The molecule has 0 aromatic heterocycles. The predicted octanol–water partition coefficient (Wildman–Crippen LogP) is 0.000800. The first-order valence-electron chi connectivity index (χ1n) is 4.36. The fraction of sp³-hybridized carbons (Fsp3) is 0.750. The zero-order valence-electron chi connectivity index (χ0n) is 8.65. The summed E-state index contributed by atoms with van der Waals surface area (Å²) >= 11 is 0. The summed E-state index contributed by atoms with van der Waals surface area (Å²) in [6, 6.07) is -0.725. The smallest absolute Gasteiger partial charge is 0.407 e. The third-order valence-electron chi connectivity index (χ3n) is 1.91. The Labute approximate surface area is 83.0 Å². The molecule has 0 fully saturated rings. The second kappa shape index (κ2) is 5.43. The van der Waals surface area contributed by atoms with E-state index in [0.29, 0.717) is 6.42 Å². The number of nitrogens with zero attached hydrogens (tertiary/aromatic N) is 1. The van der Waals surface area contributed by atoms with Crippen LogP contribution in [0.4, 0.5) is 4.79 Å². The average Bonchev–Trinajstić information content (AvgIpc) is 2.11. The summed E-state index contributed by atoms with van der Waals surface area (Å²) in [4.78, 5) is 22.9. The topological polar surface area (TPSA) is 95.7 Å². The van der Waals surface area contributed by atoms with Crippen molar-refractivity contribution in [1.29, 1.82) is 0 Å². The first kappa shape index (κ1) is 12.7. The molecule has 82 valence electrons. The van der Waals surface area contributed by atoms with E-state index < -0.39 is 18.0 Å². The Balaban J connectivity index is 4.54. The average molecular weight is 203 g/mol. The maximum atomic E-state index is 11.3. The van der Waals surface area contributed by atoms with E-state index in [1.165, 1.54) is 7.05 Å². The van der Waals surface area contributed by atoms with Crippen molar-refractivity contribution in [3.8, 4) is 0 Å². The van der Waals surface area contributed by atoms with Crippen molar-refractivity contribution in [1.82, 2.24) is 10.3 Å². The van der Waals surface area contributed by atoms with Crippen molar-refractivity contribution < 1.29 is 14.7 Å². The van der Waals surface area contributed by atoms with E-state index >= 15 is 0 Å². The van der Waals surface area contributed by atoms with Gasteiger partial charge in [0.2, 0.25) is 0 Å². The summed E-state index contributed by atoms with van der Waals surface area (Å²) in [7, 11) is 1.35. The van der Waals surface area contributed by atoms with E-state index in [1.807, 2.05) is 19.3 Å². The van der Waals surface area contributed by atoms with Crippen LogP contribution < -0.4 is 11.3 Å². The van der Waals surface area contributed by atoms with Crippen LogP contribution in [-0.2, 0) is 4.79 Å². The first-order valence-corrected chi connectivity index (χ1v) is 4.36. The van der Waals surface area contributed by atoms with Crippen molar-refractivity contribution >= 4 is 12.0 Å². The van der Waals surface area contributed by atoms with Gasteiger partial charge in [-0.1, -0.05) is 13.8 Å². The van der Waals surface area contributed by atoms with Gasteiger partial charge in [0.1, 0.15) is 6.04 Å². The van der Waals surface area contributed by atoms with Gasteiger partial charge in [-0.25, -0.2) is 10.6 Å². The molecular formula is C8H17N3O3. The molecule has 0 rings (SSSR count). The minimum Gasteiger partial charge on any atom is -0.465 e. The van der Waals surface area contributed by atoms with E-state index in [-0.39, 0.29) is 5.92 Å². The number of likely N-dealkylation sites (N-methyl/N-ethyl adjacent to an activating group) is 1. The predicted molar refractivity (Wildman–Crippen MR) is 51.4 cm³/mol. The number of carbonyl (C=O) groups is 2. The highest BCUT2D eigenvalue weighted by Crippen LogP contribution is 2.10. The molecule has 0 saturated heterocycles. The van der Waals surface area contributed by atoms with Gasteiger partial charge in [0, 0.05) is 7.05 Å². The van der Waals surface area contributed by atoms with E-state index in [9.17, 15) is 9.59 Å². The Kier molecular flexibility index (Phi) is 4.93. The van der Waals surface area contributed by atoms with Crippen LogP contribution in [0.25, 0.3) is 0 Å². The Bertz CT molecular complexity index is 218. The molecule has 0 bridgehead atoms. The molecule has 2 amide bonds. The normalized spacial score (nSPS) is 12.4. The summed E-state index contributed by atoms with van der Waals surface area (Å²) in [5, 5.41) is 8.71. The number of carboxylic acid groups (broad SMARTS) is 1. The molecule has 0 aliphatic carbocycles. The number of hydrogen-bond donors (Lipinski definition) is 3. The monoisotopic (exact) mass is 203 g/mol. The molecule has 0 saturated carbocycles. The molecule has 0 unspecified atom stereocenters. The van der Waals surface area contributed by atoms with Gasteiger partial charge in [0.25, 0.3) is 5.91 Å². The molecule has 0 aromatic carbocycles. The molecule has 0 spiro atoms. The fourth-order valence-corrected chi connectivity index (χ4v) is 1.12. The first-order chi connectivity index (χ1) is 6.40. The summed E-state index contributed by atoms with van der Waals surface area (Å²) in [5.41, 5.74) is 1.96. The molecule has 6 nitrogen and oxygen atoms in total. The van der Waals surface area contributed by atoms with Crippen LogP contribution in [-0.4, -0.2) is 35.1 Å². The number of hydrogen-bond acceptors (Lipinski definition) is 3. The SMILES string of the molecule is CC(C)C[C@@H](C(=O)NN)N(C)C(=O)O. The Morgan fingerprint density at radius 1 is 1.50 bits per heavy atom. The van der Waals surface area contributed by atoms with E-state index in [1.54, 1.807) is 0 Å². The summed E-state index contributed by atoms with van der Waals surface area (Å²) in [6.45, 7) is 3.82. The van der Waals surface area contributed by atoms with Crippen LogP contribution in [0.2, 0.25) is 0 Å². The van der Waals surface area contributed by atoms with Gasteiger partial charge in [0.05, 0.1) is 0 Å². The lowest BCUT2D eigenvalue weighted by atomic mass is 10.0. The lowest BCUT2D eigenvalue weighted by Gasteiger charge is -2.25. The number of rotatable bonds is 4. The summed E-state index contributed by atoms with van der Waals surface area (Å²) in [5.74, 6) is 4.71. The number of carbonyl (C=O) groups excluding carboxylic acids is 1. The Morgan fingerprint density at radius 3 is 2.29 bits per heavy atom. The maximum absolute atomic E-state index is 11.3. The Morgan fingerprint density at radius 2 is 2.00 bits per heavy atom. The highest BCUT2D eigenvalue weighted by Gasteiger charge is 2.26. The lowest BCUT2D eigenvalue weighted by Crippen LogP contribution is -2.49. The molecule has 14 heavy (non-hydrogen) atoms. The molecule has 0 aliphatic heterocycles. The van der Waals surface area contributed by atoms with Crippen LogP contribution in [0.3, 0.4) is 0 Å². The number of amides is 2. The van der Waals surface area contributed by atoms with Gasteiger partial charge >= 0.3 is 6.09 Å². The largest absolute Gasteiger partial charge is 0.465 e.